The monoisotopic (exact) mass is 294 g/mol. The Balaban J connectivity index is 2.38. The van der Waals surface area contributed by atoms with Gasteiger partial charge in [0.25, 0.3) is 18.5 Å². The Kier molecular flexibility index (Phi) is 3.60. The summed E-state index contributed by atoms with van der Waals surface area (Å²) in [4.78, 5) is 17.0. The van der Waals surface area contributed by atoms with Gasteiger partial charge in [0.15, 0.2) is 0 Å². The highest BCUT2D eigenvalue weighted by Crippen LogP contribution is 2.28. The number of aromatic amines is 1. The molecule has 1 unspecified atom stereocenters. The van der Waals surface area contributed by atoms with Gasteiger partial charge in [-0.05, 0) is 12.1 Å². The fraction of sp³-hybridized carbons (Fsp3) is 0.273. The lowest BCUT2D eigenvalue weighted by atomic mass is 10.3. The molecule has 20 heavy (non-hydrogen) atoms. The van der Waals surface area contributed by atoms with Crippen LogP contribution < -0.4 is 10.3 Å². The van der Waals surface area contributed by atoms with Gasteiger partial charge in [0.1, 0.15) is 0 Å². The first-order chi connectivity index (χ1) is 9.31. The molecule has 2 rings (SSSR count). The lowest BCUT2D eigenvalue weighted by Gasteiger charge is -2.19. The molecule has 1 aromatic heterocycles. The Labute approximate surface area is 108 Å². The van der Waals surface area contributed by atoms with Crippen LogP contribution in [0.5, 0.6) is 5.88 Å². The Morgan fingerprint density at radius 1 is 1.20 bits per heavy atom. The number of H-pyrrole nitrogens is 1. The van der Waals surface area contributed by atoms with Gasteiger partial charge in [0.05, 0.1) is 11.0 Å². The van der Waals surface area contributed by atoms with Crippen LogP contribution in [0.3, 0.4) is 0 Å². The maximum absolute atomic E-state index is 13.1. The summed E-state index contributed by atoms with van der Waals surface area (Å²) in [6.07, 6.45) is -12.7. The molecule has 0 saturated heterocycles. The molecule has 0 bridgehead atoms. The molecule has 0 amide bonds. The van der Waals surface area contributed by atoms with Crippen LogP contribution in [-0.4, -0.2) is 28.7 Å². The Morgan fingerprint density at radius 2 is 1.85 bits per heavy atom. The fourth-order valence-corrected chi connectivity index (χ4v) is 1.41. The van der Waals surface area contributed by atoms with Gasteiger partial charge >= 0.3 is 11.7 Å². The van der Waals surface area contributed by atoms with Crippen molar-refractivity contribution in [2.24, 2.45) is 0 Å². The molecule has 0 fully saturated rings. The Hall–Kier alpha value is -2.19. The first kappa shape index (κ1) is 14.2. The van der Waals surface area contributed by atoms with E-state index in [-0.39, 0.29) is 11.0 Å². The van der Waals surface area contributed by atoms with Gasteiger partial charge in [-0.3, -0.25) is 4.79 Å². The zero-order valence-corrected chi connectivity index (χ0v) is 9.62. The van der Waals surface area contributed by atoms with E-state index in [4.69, 9.17) is 0 Å². The summed E-state index contributed by atoms with van der Waals surface area (Å²) in [5.74, 6) is -1.18. The topological polar surface area (TPSA) is 55.0 Å². The van der Waals surface area contributed by atoms with Gasteiger partial charge in [0.2, 0.25) is 0 Å². The van der Waals surface area contributed by atoms with Crippen molar-refractivity contribution in [3.63, 3.8) is 0 Å². The molecule has 108 valence electrons. The predicted molar refractivity (Wildman–Crippen MR) is 58.8 cm³/mol. The highest BCUT2D eigenvalue weighted by Gasteiger charge is 2.49. The molecule has 0 saturated carbocycles. The van der Waals surface area contributed by atoms with E-state index in [1.807, 2.05) is 0 Å². The molecule has 0 radical (unpaired) electrons. The molecule has 4 nitrogen and oxygen atoms in total. The summed E-state index contributed by atoms with van der Waals surface area (Å²) >= 11 is 0. The van der Waals surface area contributed by atoms with E-state index in [1.54, 1.807) is 6.07 Å². The van der Waals surface area contributed by atoms with Crippen LogP contribution in [0.25, 0.3) is 11.0 Å². The lowest BCUT2D eigenvalue weighted by Crippen LogP contribution is -2.42. The van der Waals surface area contributed by atoms with E-state index in [9.17, 15) is 26.7 Å². The number of rotatable bonds is 4. The van der Waals surface area contributed by atoms with E-state index in [2.05, 4.69) is 14.7 Å². The Morgan fingerprint density at radius 3 is 2.50 bits per heavy atom. The molecular weight excluding hydrogens is 287 g/mol. The molecule has 0 aliphatic heterocycles. The normalized spacial score (nSPS) is 13.7. The maximum atomic E-state index is 13.1. The molecule has 1 N–H and O–H groups in total. The van der Waals surface area contributed by atoms with Crippen LogP contribution in [0.1, 0.15) is 0 Å². The van der Waals surface area contributed by atoms with Crippen LogP contribution in [0.15, 0.2) is 29.1 Å². The number of hydrogen-bond donors (Lipinski definition) is 1. The van der Waals surface area contributed by atoms with Crippen molar-refractivity contribution in [2.45, 2.75) is 18.7 Å². The highest BCUT2D eigenvalue weighted by molar-refractivity contribution is 5.73. The number of benzene rings is 1. The number of hydrogen-bond acceptors (Lipinski definition) is 3. The number of fused-ring (bicyclic) bond motifs is 1. The molecule has 1 heterocycles. The average Bonchev–Trinajstić information content (AvgIpc) is 2.38. The highest BCUT2D eigenvalue weighted by atomic mass is 19.3. The van der Waals surface area contributed by atoms with Crippen LogP contribution in [0.2, 0.25) is 0 Å². The number of nitrogens with one attached hydrogen (secondary N) is 1. The van der Waals surface area contributed by atoms with E-state index >= 15 is 0 Å². The summed E-state index contributed by atoms with van der Waals surface area (Å²) in [5, 5.41) is 0. The van der Waals surface area contributed by atoms with Crippen molar-refractivity contribution in [1.29, 1.82) is 0 Å². The molecular formula is C11H7F5N2O2. The van der Waals surface area contributed by atoms with E-state index in [0.29, 0.717) is 0 Å². The second-order valence-electron chi connectivity index (χ2n) is 3.79. The van der Waals surface area contributed by atoms with Gasteiger partial charge in [-0.2, -0.15) is 8.78 Å². The molecule has 9 heteroatoms. The minimum atomic E-state index is -4.86. The van der Waals surface area contributed by atoms with Crippen molar-refractivity contribution in [3.8, 4) is 5.88 Å². The minimum Gasteiger partial charge on any atom is -0.407 e. The summed E-state index contributed by atoms with van der Waals surface area (Å²) in [6, 6.07) is 5.88. The third-order valence-corrected chi connectivity index (χ3v) is 2.34. The standard InChI is InChI=1S/C11H7F5N2O2/c12-7(8(13)14)11(15,16)20-10-9(19)17-5-3-1-2-4-6(5)18-10/h1-4,7-8H,(H,17,19). The predicted octanol–water partition coefficient (Wildman–Crippen LogP) is 2.50. The van der Waals surface area contributed by atoms with E-state index in [1.165, 1.54) is 18.2 Å². The quantitative estimate of drug-likeness (QED) is 0.881. The van der Waals surface area contributed by atoms with Crippen LogP contribution in [0, 0.1) is 0 Å². The van der Waals surface area contributed by atoms with Gasteiger partial charge in [0, 0.05) is 0 Å². The molecule has 2 aromatic rings. The van der Waals surface area contributed by atoms with Crippen molar-refractivity contribution in [1.82, 2.24) is 9.97 Å². The second-order valence-corrected chi connectivity index (χ2v) is 3.79. The van der Waals surface area contributed by atoms with E-state index < -0.39 is 30.1 Å². The summed E-state index contributed by atoms with van der Waals surface area (Å²) in [6.45, 7) is 0. The van der Waals surface area contributed by atoms with Crippen LogP contribution >= 0.6 is 0 Å². The molecule has 0 aliphatic carbocycles. The zero-order valence-electron chi connectivity index (χ0n) is 9.62. The second kappa shape index (κ2) is 5.06. The number of ether oxygens (including phenoxy) is 1. The Bertz CT molecular complexity index is 673. The number of aromatic nitrogens is 2. The first-order valence-electron chi connectivity index (χ1n) is 5.29. The number of alkyl halides is 5. The van der Waals surface area contributed by atoms with Gasteiger partial charge in [-0.1, -0.05) is 12.1 Å². The third-order valence-electron chi connectivity index (χ3n) is 2.34. The van der Waals surface area contributed by atoms with Crippen molar-refractivity contribution < 1.29 is 26.7 Å². The average molecular weight is 294 g/mol. The first-order valence-corrected chi connectivity index (χ1v) is 5.29. The summed E-state index contributed by atoms with van der Waals surface area (Å²) in [7, 11) is 0. The van der Waals surface area contributed by atoms with Crippen molar-refractivity contribution in [2.75, 3.05) is 0 Å². The SMILES string of the molecule is O=c1[nH]c2ccccc2nc1OC(F)(F)C(F)C(F)F. The molecule has 0 spiro atoms. The largest absolute Gasteiger partial charge is 0.437 e. The zero-order chi connectivity index (χ0) is 14.9. The number of nitrogens with zero attached hydrogens (tertiary/aromatic N) is 1. The molecule has 1 atom stereocenters. The van der Waals surface area contributed by atoms with E-state index in [0.717, 1.165) is 0 Å². The summed E-state index contributed by atoms with van der Waals surface area (Å²) in [5.41, 5.74) is -0.853. The van der Waals surface area contributed by atoms with Crippen LogP contribution in [0.4, 0.5) is 22.0 Å². The van der Waals surface area contributed by atoms with Crippen molar-refractivity contribution in [3.05, 3.63) is 34.6 Å². The summed E-state index contributed by atoms with van der Waals surface area (Å²) < 4.78 is 66.4. The minimum absolute atomic E-state index is 0.0883. The van der Waals surface area contributed by atoms with Gasteiger partial charge in [-0.15, -0.1) is 0 Å². The maximum Gasteiger partial charge on any atom is 0.437 e. The number of para-hydroxylation sites is 2. The van der Waals surface area contributed by atoms with Gasteiger partial charge in [-0.25, -0.2) is 18.2 Å². The smallest absolute Gasteiger partial charge is 0.407 e. The molecule has 0 aliphatic rings. The lowest BCUT2D eigenvalue weighted by molar-refractivity contribution is -0.246. The molecule has 1 aromatic carbocycles. The van der Waals surface area contributed by atoms with Crippen LogP contribution in [-0.2, 0) is 0 Å². The fourth-order valence-electron chi connectivity index (χ4n) is 1.41. The van der Waals surface area contributed by atoms with Crippen molar-refractivity contribution >= 4 is 11.0 Å². The van der Waals surface area contributed by atoms with Gasteiger partial charge < -0.3 is 9.72 Å². The third kappa shape index (κ3) is 2.70. The number of halogens is 5.